The molecule has 0 radical (unpaired) electrons. The highest BCUT2D eigenvalue weighted by atomic mass is 35.5. The van der Waals surface area contributed by atoms with E-state index in [-0.39, 0.29) is 16.5 Å². The molecule has 104 valence electrons. The number of hydrogen-bond acceptors (Lipinski definition) is 5. The minimum Gasteiger partial charge on any atom is -0.331 e. The second-order valence-corrected chi connectivity index (χ2v) is 4.25. The number of hydrogen-bond donors (Lipinski definition) is 1. The van der Waals surface area contributed by atoms with Crippen LogP contribution in [-0.4, -0.2) is 14.9 Å². The summed E-state index contributed by atoms with van der Waals surface area (Å²) in [7, 11) is 0. The molecule has 10 heteroatoms. The molecule has 0 atom stereocenters. The van der Waals surface area contributed by atoms with Crippen LogP contribution in [0, 0.1) is 21.7 Å². The van der Waals surface area contributed by atoms with Crippen LogP contribution in [-0.2, 0) is 0 Å². The second kappa shape index (κ2) is 5.51. The van der Waals surface area contributed by atoms with Crippen molar-refractivity contribution < 1.29 is 13.7 Å². The summed E-state index contributed by atoms with van der Waals surface area (Å²) in [6.07, 6.45) is 0.951. The van der Waals surface area contributed by atoms with Crippen molar-refractivity contribution in [2.45, 2.75) is 0 Å². The number of aromatic nitrogens is 2. The largest absolute Gasteiger partial charge is 0.348 e. The zero-order valence-electron chi connectivity index (χ0n) is 9.40. The molecule has 0 unspecified atom stereocenters. The van der Waals surface area contributed by atoms with Crippen molar-refractivity contribution in [3.8, 4) is 0 Å². The Morgan fingerprint density at radius 2 is 1.95 bits per heavy atom. The maximum Gasteiger partial charge on any atom is 0.348 e. The lowest BCUT2D eigenvalue weighted by Crippen LogP contribution is -2.03. The summed E-state index contributed by atoms with van der Waals surface area (Å²) in [5.74, 6) is -2.27. The summed E-state index contributed by atoms with van der Waals surface area (Å²) in [5, 5.41) is 12.5. The maximum absolute atomic E-state index is 13.6. The van der Waals surface area contributed by atoms with Gasteiger partial charge in [-0.05, 0) is 6.07 Å². The Labute approximate surface area is 120 Å². The number of benzene rings is 1. The Morgan fingerprint density at radius 3 is 2.55 bits per heavy atom. The van der Waals surface area contributed by atoms with Crippen molar-refractivity contribution in [2.24, 2.45) is 0 Å². The van der Waals surface area contributed by atoms with Gasteiger partial charge in [0.15, 0.2) is 5.82 Å². The van der Waals surface area contributed by atoms with E-state index in [4.69, 9.17) is 23.2 Å². The minimum atomic E-state index is -1.03. The first-order valence-electron chi connectivity index (χ1n) is 4.96. The quantitative estimate of drug-likeness (QED) is 0.529. The van der Waals surface area contributed by atoms with E-state index in [1.165, 1.54) is 0 Å². The summed E-state index contributed by atoms with van der Waals surface area (Å²) in [6, 6.07) is 1.42. The molecule has 0 bridgehead atoms. The molecule has 1 N–H and O–H groups in total. The average molecular weight is 321 g/mol. The van der Waals surface area contributed by atoms with Crippen molar-refractivity contribution in [2.75, 3.05) is 5.32 Å². The molecule has 0 fully saturated rings. The van der Waals surface area contributed by atoms with Gasteiger partial charge in [0, 0.05) is 6.07 Å². The number of rotatable bonds is 3. The van der Waals surface area contributed by atoms with Crippen LogP contribution < -0.4 is 5.32 Å². The standard InChI is InChI=1S/C10H4Cl2F2N4O2/c11-5-1-4(13)2-6(14)7(5)17-10-8(18(19)20)9(12)15-3-16-10/h1-3H,(H,15,16,17). The van der Waals surface area contributed by atoms with E-state index in [9.17, 15) is 18.9 Å². The van der Waals surface area contributed by atoms with Crippen molar-refractivity contribution >= 4 is 40.4 Å². The van der Waals surface area contributed by atoms with Crippen LogP contribution in [0.1, 0.15) is 0 Å². The van der Waals surface area contributed by atoms with E-state index < -0.39 is 27.4 Å². The predicted molar refractivity (Wildman–Crippen MR) is 68.3 cm³/mol. The fraction of sp³-hybridized carbons (Fsp3) is 0. The molecule has 0 spiro atoms. The van der Waals surface area contributed by atoms with Crippen molar-refractivity contribution in [1.82, 2.24) is 9.97 Å². The van der Waals surface area contributed by atoms with Gasteiger partial charge in [-0.3, -0.25) is 10.1 Å². The fourth-order valence-electron chi connectivity index (χ4n) is 1.39. The Bertz CT molecular complexity index is 676. The van der Waals surface area contributed by atoms with Gasteiger partial charge in [-0.25, -0.2) is 18.7 Å². The van der Waals surface area contributed by atoms with Crippen LogP contribution in [0.25, 0.3) is 0 Å². The van der Waals surface area contributed by atoms with E-state index in [1.807, 2.05) is 0 Å². The Hall–Kier alpha value is -2.06. The van der Waals surface area contributed by atoms with Crippen molar-refractivity contribution in [1.29, 1.82) is 0 Å². The number of nitrogens with one attached hydrogen (secondary N) is 1. The summed E-state index contributed by atoms with van der Waals surface area (Å²) in [5.41, 5.74) is -1.00. The van der Waals surface area contributed by atoms with Gasteiger partial charge in [-0.15, -0.1) is 0 Å². The van der Waals surface area contributed by atoms with Crippen LogP contribution in [0.5, 0.6) is 0 Å². The van der Waals surface area contributed by atoms with Gasteiger partial charge in [-0.2, -0.15) is 0 Å². The van der Waals surface area contributed by atoms with E-state index in [2.05, 4.69) is 15.3 Å². The summed E-state index contributed by atoms with van der Waals surface area (Å²) in [6.45, 7) is 0. The first-order chi connectivity index (χ1) is 9.40. The van der Waals surface area contributed by atoms with Gasteiger partial charge in [0.25, 0.3) is 0 Å². The first-order valence-corrected chi connectivity index (χ1v) is 5.72. The Morgan fingerprint density at radius 1 is 1.25 bits per heavy atom. The van der Waals surface area contributed by atoms with Crippen molar-refractivity contribution in [3.63, 3.8) is 0 Å². The highest BCUT2D eigenvalue weighted by Crippen LogP contribution is 2.34. The Kier molecular flexibility index (Phi) is 3.96. The highest BCUT2D eigenvalue weighted by molar-refractivity contribution is 6.33. The molecule has 0 amide bonds. The van der Waals surface area contributed by atoms with E-state index in [0.717, 1.165) is 12.4 Å². The molecule has 0 aliphatic heterocycles. The molecule has 1 heterocycles. The molecule has 1 aromatic heterocycles. The normalized spacial score (nSPS) is 10.4. The van der Waals surface area contributed by atoms with Crippen LogP contribution >= 0.6 is 23.2 Å². The molecule has 0 aliphatic carbocycles. The zero-order valence-corrected chi connectivity index (χ0v) is 10.9. The number of nitrogens with zero attached hydrogens (tertiary/aromatic N) is 3. The first kappa shape index (κ1) is 14.4. The van der Waals surface area contributed by atoms with Crippen LogP contribution in [0.2, 0.25) is 10.2 Å². The third kappa shape index (κ3) is 2.75. The topological polar surface area (TPSA) is 81.0 Å². The lowest BCUT2D eigenvalue weighted by molar-refractivity contribution is -0.384. The maximum atomic E-state index is 13.6. The summed E-state index contributed by atoms with van der Waals surface area (Å²) < 4.78 is 26.5. The second-order valence-electron chi connectivity index (χ2n) is 3.49. The predicted octanol–water partition coefficient (Wildman–Crippen LogP) is 3.71. The molecule has 0 saturated carbocycles. The fourth-order valence-corrected chi connectivity index (χ4v) is 1.83. The molecular formula is C10H4Cl2F2N4O2. The minimum absolute atomic E-state index is 0.300. The lowest BCUT2D eigenvalue weighted by atomic mass is 10.3. The van der Waals surface area contributed by atoms with Gasteiger partial charge >= 0.3 is 5.69 Å². The van der Waals surface area contributed by atoms with Gasteiger partial charge < -0.3 is 5.32 Å². The van der Waals surface area contributed by atoms with Crippen molar-refractivity contribution in [3.05, 3.63) is 50.4 Å². The molecule has 6 nitrogen and oxygen atoms in total. The van der Waals surface area contributed by atoms with Crippen LogP contribution in [0.15, 0.2) is 18.5 Å². The van der Waals surface area contributed by atoms with Crippen LogP contribution in [0.4, 0.5) is 26.0 Å². The SMILES string of the molecule is O=[N+]([O-])c1c(Cl)ncnc1Nc1c(F)cc(F)cc1Cl. The molecule has 2 aromatic rings. The number of nitro groups is 1. The third-order valence-electron chi connectivity index (χ3n) is 2.21. The lowest BCUT2D eigenvalue weighted by Gasteiger charge is -2.09. The van der Waals surface area contributed by atoms with E-state index >= 15 is 0 Å². The van der Waals surface area contributed by atoms with E-state index in [1.54, 1.807) is 0 Å². The molecule has 0 saturated heterocycles. The number of anilines is 2. The number of halogens is 4. The molecule has 2 rings (SSSR count). The van der Waals surface area contributed by atoms with Crippen LogP contribution in [0.3, 0.4) is 0 Å². The molecule has 1 aromatic carbocycles. The zero-order chi connectivity index (χ0) is 14.9. The summed E-state index contributed by atoms with van der Waals surface area (Å²) >= 11 is 11.2. The van der Waals surface area contributed by atoms with Gasteiger partial charge in [0.2, 0.25) is 11.0 Å². The smallest absolute Gasteiger partial charge is 0.331 e. The van der Waals surface area contributed by atoms with Gasteiger partial charge in [0.05, 0.1) is 15.6 Å². The molecule has 20 heavy (non-hydrogen) atoms. The Balaban J connectivity index is 2.51. The van der Waals surface area contributed by atoms with Gasteiger partial charge in [0.1, 0.15) is 12.1 Å². The highest BCUT2D eigenvalue weighted by Gasteiger charge is 2.23. The van der Waals surface area contributed by atoms with E-state index in [0.29, 0.717) is 6.07 Å². The monoisotopic (exact) mass is 320 g/mol. The molecular weight excluding hydrogens is 317 g/mol. The summed E-state index contributed by atoms with van der Waals surface area (Å²) in [4.78, 5) is 17.1. The average Bonchev–Trinajstić information content (AvgIpc) is 2.33. The van der Waals surface area contributed by atoms with Gasteiger partial charge in [-0.1, -0.05) is 23.2 Å². The molecule has 0 aliphatic rings. The third-order valence-corrected chi connectivity index (χ3v) is 2.79.